The van der Waals surface area contributed by atoms with E-state index in [2.05, 4.69) is 0 Å². The Labute approximate surface area is 142 Å². The van der Waals surface area contributed by atoms with Gasteiger partial charge in [-0.3, -0.25) is 14.5 Å². The number of aliphatic carboxylic acids is 1. The molecule has 1 saturated heterocycles. The molecule has 0 aromatic carbocycles. The number of carbonyl (C=O) groups excluding carboxylic acids is 3. The summed E-state index contributed by atoms with van der Waals surface area (Å²) in [4.78, 5) is 38.4. The van der Waals surface area contributed by atoms with Gasteiger partial charge >= 0.3 is 0 Å². The minimum atomic E-state index is -1.20. The minimum absolute atomic E-state index is 0.0950. The number of carboxylic acid groups (broad SMARTS) is 1. The molecule has 2 amide bonds. The van der Waals surface area contributed by atoms with Crippen LogP contribution >= 0.6 is 0 Å². The first-order chi connectivity index (χ1) is 11.1. The van der Waals surface area contributed by atoms with E-state index >= 15 is 0 Å². The van der Waals surface area contributed by atoms with Crippen LogP contribution in [0.4, 0.5) is 0 Å². The van der Waals surface area contributed by atoms with E-state index in [1.165, 1.54) is 0 Å². The summed E-state index contributed by atoms with van der Waals surface area (Å²) < 4.78 is 0. The lowest BCUT2D eigenvalue weighted by molar-refractivity contribution is -0.315. The second-order valence-electron chi connectivity index (χ2n) is 8.07. The van der Waals surface area contributed by atoms with Crippen molar-refractivity contribution in [2.24, 2.45) is 22.7 Å². The van der Waals surface area contributed by atoms with Gasteiger partial charge in [-0.05, 0) is 44.4 Å². The molecule has 1 saturated carbocycles. The lowest BCUT2D eigenvalue weighted by Crippen LogP contribution is -2.46. The van der Waals surface area contributed by atoms with Crippen molar-refractivity contribution < 1.29 is 19.5 Å². The first-order valence-corrected chi connectivity index (χ1v) is 8.57. The number of imide groups is 1. The Balaban J connectivity index is 1.94. The van der Waals surface area contributed by atoms with E-state index in [9.17, 15) is 19.5 Å². The molecule has 3 unspecified atom stereocenters. The van der Waals surface area contributed by atoms with Crippen molar-refractivity contribution in [3.8, 4) is 0 Å². The topological polar surface area (TPSA) is 77.5 Å². The minimum Gasteiger partial charge on any atom is -0.549 e. The zero-order chi connectivity index (χ0) is 17.9. The van der Waals surface area contributed by atoms with Gasteiger partial charge in [0.1, 0.15) is 0 Å². The summed E-state index contributed by atoms with van der Waals surface area (Å²) in [5.41, 5.74) is -0.182. The van der Waals surface area contributed by atoms with Crippen molar-refractivity contribution in [2.75, 3.05) is 6.54 Å². The van der Waals surface area contributed by atoms with E-state index in [-0.39, 0.29) is 30.2 Å². The fourth-order valence-electron chi connectivity index (χ4n) is 4.55. The van der Waals surface area contributed by atoms with Crippen molar-refractivity contribution in [3.05, 3.63) is 23.3 Å². The Morgan fingerprint density at radius 1 is 1.38 bits per heavy atom. The molecule has 0 spiro atoms. The highest BCUT2D eigenvalue weighted by Crippen LogP contribution is 2.70. The van der Waals surface area contributed by atoms with Gasteiger partial charge in [-0.2, -0.15) is 0 Å². The first kappa shape index (κ1) is 16.9. The van der Waals surface area contributed by atoms with E-state index in [1.807, 2.05) is 39.8 Å². The van der Waals surface area contributed by atoms with Crippen LogP contribution in [-0.2, 0) is 14.4 Å². The van der Waals surface area contributed by atoms with Gasteiger partial charge in [-0.15, -0.1) is 0 Å². The third-order valence-electron chi connectivity index (χ3n) is 6.14. The van der Waals surface area contributed by atoms with Gasteiger partial charge in [0, 0.05) is 17.5 Å². The summed E-state index contributed by atoms with van der Waals surface area (Å²) >= 11 is 0. The standard InChI is InChI=1S/C19H25NO4/c1-11(2)9-14-18(3,4)19(14,17(23)24)10-20-15(21)12-7-5-6-8-13(12)16(20)22/h7,9,13-14H,5-6,8,10H2,1-4H3,(H,23,24)/p-1. The molecule has 2 fully saturated rings. The number of hydrogen-bond acceptors (Lipinski definition) is 4. The van der Waals surface area contributed by atoms with Crippen LogP contribution in [0.2, 0.25) is 0 Å². The fourth-order valence-corrected chi connectivity index (χ4v) is 4.55. The molecule has 5 heteroatoms. The van der Waals surface area contributed by atoms with Gasteiger partial charge in [0.05, 0.1) is 11.9 Å². The largest absolute Gasteiger partial charge is 0.549 e. The second-order valence-corrected chi connectivity index (χ2v) is 8.07. The van der Waals surface area contributed by atoms with E-state index in [0.29, 0.717) is 12.0 Å². The third-order valence-corrected chi connectivity index (χ3v) is 6.14. The van der Waals surface area contributed by atoms with Crippen LogP contribution in [0, 0.1) is 22.7 Å². The van der Waals surface area contributed by atoms with E-state index in [0.717, 1.165) is 23.3 Å². The molecule has 0 aromatic heterocycles. The van der Waals surface area contributed by atoms with Gasteiger partial charge in [0.25, 0.3) is 5.91 Å². The Hall–Kier alpha value is -1.91. The zero-order valence-electron chi connectivity index (χ0n) is 14.7. The lowest BCUT2D eigenvalue weighted by Gasteiger charge is -2.26. The highest BCUT2D eigenvalue weighted by atomic mass is 16.4. The molecule has 0 aromatic rings. The highest BCUT2D eigenvalue weighted by molar-refractivity contribution is 6.15. The Morgan fingerprint density at radius 2 is 2.04 bits per heavy atom. The average molecular weight is 330 g/mol. The van der Waals surface area contributed by atoms with Gasteiger partial charge in [-0.25, -0.2) is 0 Å². The fraction of sp³-hybridized carbons (Fsp3) is 0.632. The molecule has 1 aliphatic heterocycles. The Morgan fingerprint density at radius 3 is 2.58 bits per heavy atom. The van der Waals surface area contributed by atoms with E-state index in [1.54, 1.807) is 0 Å². The third kappa shape index (κ3) is 2.10. The molecular formula is C19H24NO4-. The number of carbonyl (C=O) groups is 3. The molecule has 3 rings (SSSR count). The average Bonchev–Trinajstić information content (AvgIpc) is 2.86. The van der Waals surface area contributed by atoms with Crippen molar-refractivity contribution >= 4 is 17.8 Å². The summed E-state index contributed by atoms with van der Waals surface area (Å²) in [7, 11) is 0. The van der Waals surface area contributed by atoms with Crippen LogP contribution in [-0.4, -0.2) is 29.2 Å². The monoisotopic (exact) mass is 330 g/mol. The Kier molecular flexibility index (Phi) is 3.74. The van der Waals surface area contributed by atoms with Crippen LogP contribution < -0.4 is 5.11 Å². The van der Waals surface area contributed by atoms with Crippen LogP contribution in [0.1, 0.15) is 47.0 Å². The smallest absolute Gasteiger partial charge is 0.256 e. The highest BCUT2D eigenvalue weighted by Gasteiger charge is 2.72. The van der Waals surface area contributed by atoms with Crippen molar-refractivity contribution in [1.29, 1.82) is 0 Å². The molecule has 0 N–H and O–H groups in total. The van der Waals surface area contributed by atoms with Crippen LogP contribution in [0.15, 0.2) is 23.3 Å². The van der Waals surface area contributed by atoms with E-state index in [4.69, 9.17) is 0 Å². The van der Waals surface area contributed by atoms with Crippen LogP contribution in [0.3, 0.4) is 0 Å². The molecule has 0 radical (unpaired) electrons. The summed E-state index contributed by atoms with van der Waals surface area (Å²) in [5.74, 6) is -2.36. The maximum Gasteiger partial charge on any atom is 0.256 e. The zero-order valence-corrected chi connectivity index (χ0v) is 14.7. The number of fused-ring (bicyclic) bond motifs is 1. The van der Waals surface area contributed by atoms with E-state index < -0.39 is 16.8 Å². The normalized spacial score (nSPS) is 33.8. The molecule has 1 heterocycles. The molecule has 2 aliphatic carbocycles. The molecule has 5 nitrogen and oxygen atoms in total. The summed E-state index contributed by atoms with van der Waals surface area (Å²) in [6.45, 7) is 7.47. The van der Waals surface area contributed by atoms with Crippen molar-refractivity contribution in [2.45, 2.75) is 47.0 Å². The lowest BCUT2D eigenvalue weighted by atomic mass is 9.90. The Bertz CT molecular complexity index is 683. The SMILES string of the molecule is CC(C)=CC1C(C)(C)C1(CN1C(=O)C2=CCCCC2C1=O)C(=O)[O-]. The number of allylic oxidation sites excluding steroid dienone is 3. The predicted molar refractivity (Wildman–Crippen MR) is 86.3 cm³/mol. The quantitative estimate of drug-likeness (QED) is 0.577. The van der Waals surface area contributed by atoms with Gasteiger partial charge in [-0.1, -0.05) is 31.6 Å². The van der Waals surface area contributed by atoms with Crippen LogP contribution in [0.5, 0.6) is 0 Å². The molecule has 0 bridgehead atoms. The molecule has 3 atom stereocenters. The summed E-state index contributed by atoms with van der Waals surface area (Å²) in [6.07, 6.45) is 6.12. The summed E-state index contributed by atoms with van der Waals surface area (Å²) in [6, 6.07) is 0. The number of likely N-dealkylation sites (tertiary alicyclic amines) is 1. The maximum atomic E-state index is 12.7. The van der Waals surface area contributed by atoms with Crippen LogP contribution in [0.25, 0.3) is 0 Å². The molecule has 3 aliphatic rings. The second kappa shape index (κ2) is 5.30. The number of amides is 2. The molecule has 24 heavy (non-hydrogen) atoms. The number of rotatable bonds is 4. The predicted octanol–water partition coefficient (Wildman–Crippen LogP) is 1.44. The summed E-state index contributed by atoms with van der Waals surface area (Å²) in [5, 5.41) is 12.0. The number of nitrogens with zero attached hydrogens (tertiary/aromatic N) is 1. The molecular weight excluding hydrogens is 306 g/mol. The maximum absolute atomic E-state index is 12.7. The van der Waals surface area contributed by atoms with Crippen molar-refractivity contribution in [1.82, 2.24) is 4.90 Å². The van der Waals surface area contributed by atoms with Gasteiger partial charge in [0.2, 0.25) is 5.91 Å². The molecule has 130 valence electrons. The van der Waals surface area contributed by atoms with Gasteiger partial charge < -0.3 is 9.90 Å². The first-order valence-electron chi connectivity index (χ1n) is 8.57. The van der Waals surface area contributed by atoms with Crippen molar-refractivity contribution in [3.63, 3.8) is 0 Å². The number of carboxylic acids is 1. The van der Waals surface area contributed by atoms with Gasteiger partial charge in [0.15, 0.2) is 0 Å². The number of hydrogen-bond donors (Lipinski definition) is 0.